The number of methoxy groups -OCH3 is 1. The second-order valence-electron chi connectivity index (χ2n) is 7.71. The van der Waals surface area contributed by atoms with Crippen LogP contribution >= 0.6 is 0 Å². The van der Waals surface area contributed by atoms with Crippen molar-refractivity contribution in [3.63, 3.8) is 0 Å². The fraction of sp³-hybridized carbons (Fsp3) is 0.364. The average Bonchev–Trinajstić information content (AvgIpc) is 3.45. The summed E-state index contributed by atoms with van der Waals surface area (Å²) in [7, 11) is 1.63. The third kappa shape index (κ3) is 3.68. The first-order valence-corrected chi connectivity index (χ1v) is 10.7. The van der Waals surface area contributed by atoms with Crippen molar-refractivity contribution in [2.75, 3.05) is 30.4 Å². The summed E-state index contributed by atoms with van der Waals surface area (Å²) in [6.07, 6.45) is 6.15. The maximum atomic E-state index is 5.26. The van der Waals surface area contributed by atoms with Crippen LogP contribution in [0.4, 0.5) is 11.6 Å². The second-order valence-corrected chi connectivity index (χ2v) is 7.71. The number of hydrogen-bond donors (Lipinski definition) is 1. The molecule has 4 aromatic heterocycles. The molecule has 5 heterocycles. The van der Waals surface area contributed by atoms with E-state index in [1.165, 1.54) is 0 Å². The third-order valence-electron chi connectivity index (χ3n) is 5.66. The van der Waals surface area contributed by atoms with E-state index in [0.29, 0.717) is 5.88 Å². The summed E-state index contributed by atoms with van der Waals surface area (Å²) in [6.45, 7) is 6.39. The van der Waals surface area contributed by atoms with Gasteiger partial charge in [-0.2, -0.15) is 4.98 Å². The van der Waals surface area contributed by atoms with E-state index in [1.54, 1.807) is 25.8 Å². The van der Waals surface area contributed by atoms with Crippen molar-refractivity contribution < 1.29 is 4.74 Å². The Labute approximate surface area is 185 Å². The molecule has 0 bridgehead atoms. The molecule has 10 nitrogen and oxygen atoms in total. The number of anilines is 2. The maximum Gasteiger partial charge on any atom is 0.214 e. The van der Waals surface area contributed by atoms with Crippen LogP contribution in [0.3, 0.4) is 0 Å². The van der Waals surface area contributed by atoms with Crippen molar-refractivity contribution in [3.05, 3.63) is 42.7 Å². The van der Waals surface area contributed by atoms with Gasteiger partial charge in [0, 0.05) is 44.1 Å². The number of pyridine rings is 1. The van der Waals surface area contributed by atoms with Gasteiger partial charge in [0.05, 0.1) is 12.7 Å². The highest BCUT2D eigenvalue weighted by atomic mass is 16.5. The van der Waals surface area contributed by atoms with Gasteiger partial charge in [-0.15, -0.1) is 0 Å². The first-order chi connectivity index (χ1) is 15.7. The Hall–Kier alpha value is -3.82. The fourth-order valence-electron chi connectivity index (χ4n) is 4.04. The summed E-state index contributed by atoms with van der Waals surface area (Å²) < 4.78 is 7.33. The molecular formula is C22H25N9O. The molecular weight excluding hydrogens is 406 g/mol. The number of rotatable bonds is 6. The quantitative estimate of drug-likeness (QED) is 0.493. The lowest BCUT2D eigenvalue weighted by Crippen LogP contribution is -2.27. The first-order valence-electron chi connectivity index (χ1n) is 10.7. The van der Waals surface area contributed by atoms with Gasteiger partial charge in [0.25, 0.3) is 0 Å². The Morgan fingerprint density at radius 3 is 2.75 bits per heavy atom. The summed E-state index contributed by atoms with van der Waals surface area (Å²) in [5.41, 5.74) is 2.41. The standard InChI is InChI=1S/C22H25N9O/c1-4-31-21(15-10-23-14(2)24-11-15)29-19-20(25-13-26-22(19)31)27-16-8-9-30(12-16)17-6-5-7-18(28-17)32-3/h5-7,10-11,13,16H,4,8-9,12H2,1-3H3,(H,25,26,27)/t16-/m0/s1. The summed E-state index contributed by atoms with van der Waals surface area (Å²) in [5, 5.41) is 3.58. The Kier molecular flexibility index (Phi) is 5.26. The van der Waals surface area contributed by atoms with Gasteiger partial charge in [-0.1, -0.05) is 6.07 Å². The number of aryl methyl sites for hydroxylation is 2. The summed E-state index contributed by atoms with van der Waals surface area (Å²) in [5.74, 6) is 3.79. The molecule has 0 aliphatic carbocycles. The molecule has 1 N–H and O–H groups in total. The van der Waals surface area contributed by atoms with E-state index in [-0.39, 0.29) is 6.04 Å². The van der Waals surface area contributed by atoms with Crippen LogP contribution in [0.5, 0.6) is 5.88 Å². The van der Waals surface area contributed by atoms with E-state index >= 15 is 0 Å². The van der Waals surface area contributed by atoms with Gasteiger partial charge in [-0.3, -0.25) is 0 Å². The molecule has 0 saturated carbocycles. The maximum absolute atomic E-state index is 5.26. The normalized spacial score (nSPS) is 16.0. The number of fused-ring (bicyclic) bond motifs is 1. The molecule has 164 valence electrons. The third-order valence-corrected chi connectivity index (χ3v) is 5.66. The molecule has 10 heteroatoms. The van der Waals surface area contributed by atoms with Crippen LogP contribution in [0.15, 0.2) is 36.9 Å². The fourth-order valence-corrected chi connectivity index (χ4v) is 4.04. The first kappa shape index (κ1) is 20.1. The molecule has 1 atom stereocenters. The zero-order valence-corrected chi connectivity index (χ0v) is 18.4. The Morgan fingerprint density at radius 2 is 1.97 bits per heavy atom. The number of nitrogens with zero attached hydrogens (tertiary/aromatic N) is 8. The van der Waals surface area contributed by atoms with Crippen LogP contribution < -0.4 is 15.0 Å². The minimum atomic E-state index is 0.221. The molecule has 0 amide bonds. The van der Waals surface area contributed by atoms with Crippen molar-refractivity contribution in [2.45, 2.75) is 32.9 Å². The molecule has 0 radical (unpaired) electrons. The lowest BCUT2D eigenvalue weighted by molar-refractivity contribution is 0.398. The number of hydrogen-bond acceptors (Lipinski definition) is 9. The molecule has 32 heavy (non-hydrogen) atoms. The van der Waals surface area contributed by atoms with Crippen LogP contribution in [0.25, 0.3) is 22.6 Å². The summed E-state index contributed by atoms with van der Waals surface area (Å²) >= 11 is 0. The highest BCUT2D eigenvalue weighted by Gasteiger charge is 2.26. The monoisotopic (exact) mass is 431 g/mol. The van der Waals surface area contributed by atoms with Gasteiger partial charge in [-0.25, -0.2) is 24.9 Å². The van der Waals surface area contributed by atoms with E-state index in [2.05, 4.69) is 46.6 Å². The number of nitrogens with one attached hydrogen (secondary N) is 1. The van der Waals surface area contributed by atoms with E-state index in [4.69, 9.17) is 9.72 Å². The minimum absolute atomic E-state index is 0.221. The zero-order valence-electron chi connectivity index (χ0n) is 18.4. The summed E-state index contributed by atoms with van der Waals surface area (Å²) in [6, 6.07) is 6.04. The van der Waals surface area contributed by atoms with Gasteiger partial charge in [0.2, 0.25) is 5.88 Å². The van der Waals surface area contributed by atoms with Crippen LogP contribution in [0, 0.1) is 6.92 Å². The zero-order chi connectivity index (χ0) is 22.1. The van der Waals surface area contributed by atoms with Crippen LogP contribution in [-0.2, 0) is 6.54 Å². The van der Waals surface area contributed by atoms with Crippen LogP contribution in [0.1, 0.15) is 19.2 Å². The van der Waals surface area contributed by atoms with Gasteiger partial charge < -0.3 is 19.5 Å². The number of imidazole rings is 1. The molecule has 1 aliphatic heterocycles. The van der Waals surface area contributed by atoms with Gasteiger partial charge in [0.15, 0.2) is 17.0 Å². The Bertz CT molecular complexity index is 1240. The molecule has 0 unspecified atom stereocenters. The molecule has 1 fully saturated rings. The van der Waals surface area contributed by atoms with E-state index in [1.807, 2.05) is 25.1 Å². The van der Waals surface area contributed by atoms with Crippen molar-refractivity contribution in [1.82, 2.24) is 34.5 Å². The molecule has 1 saturated heterocycles. The van der Waals surface area contributed by atoms with Crippen molar-refractivity contribution in [1.29, 1.82) is 0 Å². The topological polar surface area (TPSA) is 107 Å². The van der Waals surface area contributed by atoms with E-state index in [0.717, 1.165) is 66.1 Å². The van der Waals surface area contributed by atoms with E-state index < -0.39 is 0 Å². The largest absolute Gasteiger partial charge is 0.481 e. The Morgan fingerprint density at radius 1 is 1.12 bits per heavy atom. The lowest BCUT2D eigenvalue weighted by atomic mass is 10.2. The SMILES string of the molecule is CCn1c(-c2cnc(C)nc2)nc2c(N[C@H]3CCN(c4cccc(OC)n4)C3)ncnc21. The molecule has 0 spiro atoms. The Balaban J connectivity index is 1.42. The average molecular weight is 432 g/mol. The smallest absolute Gasteiger partial charge is 0.214 e. The molecule has 1 aliphatic rings. The van der Waals surface area contributed by atoms with Crippen molar-refractivity contribution in [3.8, 4) is 17.3 Å². The molecule has 0 aromatic carbocycles. The predicted molar refractivity (Wildman–Crippen MR) is 122 cm³/mol. The van der Waals surface area contributed by atoms with Crippen molar-refractivity contribution in [2.24, 2.45) is 0 Å². The highest BCUT2D eigenvalue weighted by molar-refractivity contribution is 5.86. The minimum Gasteiger partial charge on any atom is -0.481 e. The number of ether oxygens (including phenoxy) is 1. The summed E-state index contributed by atoms with van der Waals surface area (Å²) in [4.78, 5) is 29.3. The number of aromatic nitrogens is 7. The van der Waals surface area contributed by atoms with Crippen LogP contribution in [0.2, 0.25) is 0 Å². The van der Waals surface area contributed by atoms with Gasteiger partial charge >= 0.3 is 0 Å². The second kappa shape index (κ2) is 8.37. The van der Waals surface area contributed by atoms with Gasteiger partial charge in [0.1, 0.15) is 23.8 Å². The van der Waals surface area contributed by atoms with Gasteiger partial charge in [-0.05, 0) is 26.3 Å². The molecule has 5 rings (SSSR count). The molecule has 4 aromatic rings. The van der Waals surface area contributed by atoms with Crippen LogP contribution in [-0.4, -0.2) is 60.7 Å². The lowest BCUT2D eigenvalue weighted by Gasteiger charge is -2.18. The van der Waals surface area contributed by atoms with E-state index in [9.17, 15) is 0 Å². The van der Waals surface area contributed by atoms with Crippen molar-refractivity contribution >= 4 is 22.8 Å². The predicted octanol–water partition coefficient (Wildman–Crippen LogP) is 2.71. The highest BCUT2D eigenvalue weighted by Crippen LogP contribution is 2.28.